The van der Waals surface area contributed by atoms with Crippen LogP contribution < -0.4 is 0 Å². The molecule has 1 aliphatic rings. The van der Waals surface area contributed by atoms with Gasteiger partial charge in [-0.15, -0.1) is 0 Å². The Morgan fingerprint density at radius 2 is 2.06 bits per heavy atom. The first-order chi connectivity index (χ1) is 7.60. The Bertz CT molecular complexity index is 378. The van der Waals surface area contributed by atoms with E-state index in [1.807, 2.05) is 0 Å². The van der Waals surface area contributed by atoms with Gasteiger partial charge in [-0.05, 0) is 53.7 Å². The van der Waals surface area contributed by atoms with Gasteiger partial charge < -0.3 is 0 Å². The molecule has 0 unspecified atom stereocenters. The van der Waals surface area contributed by atoms with Crippen molar-refractivity contribution in [1.29, 1.82) is 0 Å². The molecule has 88 valence electrons. The fourth-order valence-corrected chi connectivity index (χ4v) is 2.97. The molecule has 0 radical (unpaired) electrons. The third-order valence-corrected chi connectivity index (χ3v) is 4.62. The summed E-state index contributed by atoms with van der Waals surface area (Å²) in [6.07, 6.45) is 5.12. The molecule has 2 atom stereocenters. The highest BCUT2D eigenvalue weighted by molar-refractivity contribution is 5.41. The highest BCUT2D eigenvalue weighted by Gasteiger charge is 2.33. The van der Waals surface area contributed by atoms with Gasteiger partial charge in [0, 0.05) is 0 Å². The number of hydrogen-bond donors (Lipinski definition) is 0. The normalized spacial score (nSPS) is 28.9. The Hall–Kier alpha value is -0.780. The summed E-state index contributed by atoms with van der Waals surface area (Å²) >= 11 is 0. The predicted octanol–water partition coefficient (Wildman–Crippen LogP) is 4.81. The lowest BCUT2D eigenvalue weighted by Gasteiger charge is -2.38. The molecule has 0 saturated carbocycles. The second-order valence-electron chi connectivity index (χ2n) is 5.63. The van der Waals surface area contributed by atoms with Gasteiger partial charge in [0.1, 0.15) is 0 Å². The third-order valence-electron chi connectivity index (χ3n) is 4.62. The molecule has 0 amide bonds. The number of aryl methyl sites for hydroxylation is 1. The average molecular weight is 216 g/mol. The van der Waals surface area contributed by atoms with Crippen molar-refractivity contribution in [2.24, 2.45) is 0 Å². The molecule has 0 aromatic heterocycles. The van der Waals surface area contributed by atoms with E-state index in [9.17, 15) is 0 Å². The van der Waals surface area contributed by atoms with Crippen LogP contribution in [0.5, 0.6) is 0 Å². The molecular formula is C16H24. The minimum atomic E-state index is 0.424. The van der Waals surface area contributed by atoms with Crippen molar-refractivity contribution in [3.05, 3.63) is 34.9 Å². The maximum absolute atomic E-state index is 2.47. The molecule has 0 fully saturated rings. The lowest BCUT2D eigenvalue weighted by molar-refractivity contribution is 0.359. The summed E-state index contributed by atoms with van der Waals surface area (Å²) in [5.41, 5.74) is 5.15. The summed E-state index contributed by atoms with van der Waals surface area (Å²) in [7, 11) is 0. The van der Waals surface area contributed by atoms with Crippen molar-refractivity contribution < 1.29 is 0 Å². The van der Waals surface area contributed by atoms with E-state index in [1.54, 1.807) is 11.1 Å². The van der Waals surface area contributed by atoms with Crippen LogP contribution in [-0.4, -0.2) is 0 Å². The molecule has 0 nitrogen and oxygen atoms in total. The van der Waals surface area contributed by atoms with E-state index in [0.29, 0.717) is 5.41 Å². The quantitative estimate of drug-likeness (QED) is 0.665. The van der Waals surface area contributed by atoms with Crippen LogP contribution in [0.4, 0.5) is 0 Å². The monoisotopic (exact) mass is 216 g/mol. The van der Waals surface area contributed by atoms with Gasteiger partial charge in [0.15, 0.2) is 0 Å². The first kappa shape index (κ1) is 11.7. The third kappa shape index (κ3) is 1.79. The zero-order valence-corrected chi connectivity index (χ0v) is 11.1. The van der Waals surface area contributed by atoms with E-state index < -0.39 is 0 Å². The summed E-state index contributed by atoms with van der Waals surface area (Å²) < 4.78 is 0. The largest absolute Gasteiger partial charge is 0.0645 e. The molecule has 0 aliphatic heterocycles. The minimum absolute atomic E-state index is 0.424. The molecule has 0 N–H and O–H groups in total. The molecule has 1 aliphatic carbocycles. The van der Waals surface area contributed by atoms with Gasteiger partial charge in [-0.1, -0.05) is 45.9 Å². The van der Waals surface area contributed by atoms with E-state index in [-0.39, 0.29) is 0 Å². The molecule has 0 heterocycles. The summed E-state index contributed by atoms with van der Waals surface area (Å²) in [5, 5.41) is 0. The highest BCUT2D eigenvalue weighted by Crippen LogP contribution is 2.44. The number of hydrogen-bond acceptors (Lipinski definition) is 0. The molecule has 16 heavy (non-hydrogen) atoms. The van der Waals surface area contributed by atoms with Crippen molar-refractivity contribution in [3.63, 3.8) is 0 Å². The zero-order valence-electron chi connectivity index (χ0n) is 11.1. The number of benzene rings is 1. The van der Waals surface area contributed by atoms with Crippen LogP contribution in [0.25, 0.3) is 0 Å². The maximum Gasteiger partial charge on any atom is -0.00747 e. The van der Waals surface area contributed by atoms with Crippen LogP contribution in [0.1, 0.15) is 69.6 Å². The van der Waals surface area contributed by atoms with E-state index in [1.165, 1.54) is 24.8 Å². The maximum atomic E-state index is 2.47. The zero-order chi connectivity index (χ0) is 11.8. The second-order valence-corrected chi connectivity index (χ2v) is 5.63. The Balaban J connectivity index is 2.53. The van der Waals surface area contributed by atoms with Gasteiger partial charge >= 0.3 is 0 Å². The molecule has 0 saturated heterocycles. The minimum Gasteiger partial charge on any atom is -0.0645 e. The molecule has 1 aromatic rings. The number of rotatable bonds is 2. The summed E-state index contributed by atoms with van der Waals surface area (Å²) in [5.74, 6) is 0.750. The second kappa shape index (κ2) is 4.24. The molecule has 0 heteroatoms. The first-order valence-corrected chi connectivity index (χ1v) is 6.74. The van der Waals surface area contributed by atoms with Crippen LogP contribution in [0.2, 0.25) is 0 Å². The fourth-order valence-electron chi connectivity index (χ4n) is 2.97. The number of fused-ring (bicyclic) bond motifs is 1. The Kier molecular flexibility index (Phi) is 3.10. The topological polar surface area (TPSA) is 0 Å². The first-order valence-electron chi connectivity index (χ1n) is 6.74. The van der Waals surface area contributed by atoms with Gasteiger partial charge in [-0.25, -0.2) is 0 Å². The lowest BCUT2D eigenvalue weighted by atomic mass is 9.66. The molecule has 1 aromatic carbocycles. The smallest absolute Gasteiger partial charge is 0.00747 e. The van der Waals surface area contributed by atoms with Gasteiger partial charge in [0.25, 0.3) is 0 Å². The molecular weight excluding hydrogens is 192 g/mol. The Labute approximate surface area is 100 Å². The Morgan fingerprint density at radius 3 is 2.69 bits per heavy atom. The standard InChI is InChI=1S/C16H24/c1-5-13-7-8-14-12(3)9-10-16(4,6-2)15(14)11-13/h7-8,11-12H,5-6,9-10H2,1-4H3/t12-,16+/m0/s1. The van der Waals surface area contributed by atoms with Crippen molar-refractivity contribution in [3.8, 4) is 0 Å². The summed E-state index contributed by atoms with van der Waals surface area (Å²) in [6, 6.07) is 7.16. The Morgan fingerprint density at radius 1 is 1.31 bits per heavy atom. The van der Waals surface area contributed by atoms with E-state index in [0.717, 1.165) is 12.3 Å². The van der Waals surface area contributed by atoms with Crippen molar-refractivity contribution in [2.45, 2.75) is 64.7 Å². The van der Waals surface area contributed by atoms with E-state index in [4.69, 9.17) is 0 Å². The van der Waals surface area contributed by atoms with Gasteiger partial charge in [-0.3, -0.25) is 0 Å². The average Bonchev–Trinajstić information content (AvgIpc) is 2.34. The van der Waals surface area contributed by atoms with Gasteiger partial charge in [-0.2, -0.15) is 0 Å². The van der Waals surface area contributed by atoms with Crippen LogP contribution in [0.15, 0.2) is 18.2 Å². The van der Waals surface area contributed by atoms with Crippen molar-refractivity contribution >= 4 is 0 Å². The van der Waals surface area contributed by atoms with Crippen LogP contribution in [0.3, 0.4) is 0 Å². The predicted molar refractivity (Wildman–Crippen MR) is 71.1 cm³/mol. The SMILES string of the molecule is CCc1ccc2c(c1)[C@](C)(CC)CC[C@@H]2C. The van der Waals surface area contributed by atoms with E-state index >= 15 is 0 Å². The van der Waals surface area contributed by atoms with Gasteiger partial charge in [0.05, 0.1) is 0 Å². The molecule has 0 bridgehead atoms. The molecule has 2 rings (SSSR count). The van der Waals surface area contributed by atoms with Crippen molar-refractivity contribution in [2.75, 3.05) is 0 Å². The van der Waals surface area contributed by atoms with Gasteiger partial charge in [0.2, 0.25) is 0 Å². The molecule has 0 spiro atoms. The highest BCUT2D eigenvalue weighted by atomic mass is 14.4. The van der Waals surface area contributed by atoms with Crippen LogP contribution in [-0.2, 0) is 11.8 Å². The van der Waals surface area contributed by atoms with Crippen molar-refractivity contribution in [1.82, 2.24) is 0 Å². The van der Waals surface area contributed by atoms with Crippen LogP contribution >= 0.6 is 0 Å². The lowest BCUT2D eigenvalue weighted by Crippen LogP contribution is -2.28. The summed E-state index contributed by atoms with van der Waals surface area (Å²) in [6.45, 7) is 9.40. The van der Waals surface area contributed by atoms with Crippen LogP contribution in [0, 0.1) is 0 Å². The fraction of sp³-hybridized carbons (Fsp3) is 0.625. The summed E-state index contributed by atoms with van der Waals surface area (Å²) in [4.78, 5) is 0. The van der Waals surface area contributed by atoms with E-state index in [2.05, 4.69) is 45.9 Å².